The van der Waals surface area contributed by atoms with E-state index in [9.17, 15) is 29.8 Å². The minimum atomic E-state index is -0.457. The second-order valence-electron chi connectivity index (χ2n) is 11.5. The van der Waals surface area contributed by atoms with Crippen LogP contribution in [0.1, 0.15) is 20.7 Å². The van der Waals surface area contributed by atoms with Crippen LogP contribution in [0.5, 0.6) is 11.5 Å². The van der Waals surface area contributed by atoms with Gasteiger partial charge < -0.3 is 44.0 Å². The third-order valence-electron chi connectivity index (χ3n) is 7.89. The number of hydrogen-bond acceptors (Lipinski definition) is 11. The van der Waals surface area contributed by atoms with Crippen LogP contribution in [0.3, 0.4) is 0 Å². The predicted octanol–water partition coefficient (Wildman–Crippen LogP) is 5.90. The number of methoxy groups -OCH3 is 2. The van der Waals surface area contributed by atoms with Gasteiger partial charge in [0.1, 0.15) is 22.7 Å². The topological polar surface area (TPSA) is 217 Å². The van der Waals surface area contributed by atoms with Crippen LogP contribution in [0.2, 0.25) is 0 Å². The highest BCUT2D eigenvalue weighted by Crippen LogP contribution is 2.36. The van der Waals surface area contributed by atoms with Gasteiger partial charge in [-0.05, 0) is 72.8 Å². The SMILES string of the molecule is COc1ccccc1NC(=O)c1c(N)cccc1Sc1ccc([N+](=O)[O-])cc1.COc1ccccc1NC(=O)c1c([NH3+])cccc1Sc1ccc([N+](=O)[O-])cc1.Cl.[Cl-]. The second-order valence-corrected chi connectivity index (χ2v) is 13.8. The van der Waals surface area contributed by atoms with E-state index >= 15 is 0 Å². The number of carbonyl (C=O) groups excluding carboxylic acids is 2. The van der Waals surface area contributed by atoms with E-state index in [-0.39, 0.29) is 48.0 Å². The van der Waals surface area contributed by atoms with Gasteiger partial charge in [-0.2, -0.15) is 0 Å². The molecular weight excluding hydrogens is 828 g/mol. The number of nitro groups is 2. The van der Waals surface area contributed by atoms with Gasteiger partial charge in [-0.3, -0.25) is 29.8 Å². The molecule has 6 aromatic carbocycles. The van der Waals surface area contributed by atoms with Crippen LogP contribution in [0.25, 0.3) is 0 Å². The molecule has 0 unspecified atom stereocenters. The Bertz CT molecular complexity index is 2220. The number of amides is 2. The number of nitrogens with zero attached hydrogens (tertiary/aromatic N) is 2. The van der Waals surface area contributed by atoms with Gasteiger partial charge in [-0.1, -0.05) is 59.9 Å². The van der Waals surface area contributed by atoms with Crippen LogP contribution in [-0.2, 0) is 0 Å². The zero-order valence-electron chi connectivity index (χ0n) is 30.7. The van der Waals surface area contributed by atoms with E-state index in [4.69, 9.17) is 15.2 Å². The predicted molar refractivity (Wildman–Crippen MR) is 223 cm³/mol. The van der Waals surface area contributed by atoms with E-state index < -0.39 is 9.85 Å². The largest absolute Gasteiger partial charge is 1.00 e. The minimum Gasteiger partial charge on any atom is -1.00 e. The Hall–Kier alpha value is -6.30. The summed E-state index contributed by atoms with van der Waals surface area (Å²) >= 11 is 2.65. The average molecular weight is 864 g/mol. The molecule has 0 spiro atoms. The van der Waals surface area contributed by atoms with E-state index in [1.165, 1.54) is 62.0 Å². The fraction of sp³-hybridized carbons (Fsp3) is 0.0500. The minimum absolute atomic E-state index is 0. The number of nitrogens with two attached hydrogens (primary N) is 1. The summed E-state index contributed by atoms with van der Waals surface area (Å²) in [5.74, 6) is 0.420. The third kappa shape index (κ3) is 11.9. The summed E-state index contributed by atoms with van der Waals surface area (Å²) in [6.07, 6.45) is 0. The Balaban J connectivity index is 0.000000300. The standard InChI is InChI=1S/2C20H17N3O4S.2ClH/c2*1-27-17-7-3-2-6-16(17)22-20(24)19-15(21)5-4-8-18(19)28-14-11-9-13(10-12-14)23(25)26;;/h2*2-12H,21H2,1H3,(H,22,24);2*1H. The number of quaternary nitrogens is 1. The molecule has 0 bridgehead atoms. The first-order valence-corrected chi connectivity index (χ1v) is 18.2. The highest BCUT2D eigenvalue weighted by Gasteiger charge is 2.21. The van der Waals surface area contributed by atoms with E-state index in [1.54, 1.807) is 91.0 Å². The number of nitrogens with one attached hydrogen (secondary N) is 2. The molecule has 0 atom stereocenters. The second kappa shape index (κ2) is 21.9. The molecule has 0 radical (unpaired) electrons. The summed E-state index contributed by atoms with van der Waals surface area (Å²) < 4.78 is 10.5. The molecule has 300 valence electrons. The molecule has 2 amide bonds. The number of nitro benzene ring substituents is 2. The van der Waals surface area contributed by atoms with Gasteiger partial charge in [0.05, 0.1) is 41.0 Å². The average Bonchev–Trinajstić information content (AvgIpc) is 3.19. The number of nitrogen functional groups attached to an aromatic ring is 1. The van der Waals surface area contributed by atoms with Crippen molar-refractivity contribution in [1.82, 2.24) is 0 Å². The number of halogens is 2. The number of non-ortho nitro benzene ring substituents is 2. The number of carbonyl (C=O) groups is 2. The maximum Gasteiger partial charge on any atom is 0.269 e. The number of hydrogen-bond donors (Lipinski definition) is 4. The molecule has 58 heavy (non-hydrogen) atoms. The molecule has 0 aliphatic carbocycles. The summed E-state index contributed by atoms with van der Waals surface area (Å²) in [5.41, 5.74) is 12.8. The lowest BCUT2D eigenvalue weighted by Crippen LogP contribution is -3.00. The lowest BCUT2D eigenvalue weighted by Gasteiger charge is -2.14. The summed E-state index contributed by atoms with van der Waals surface area (Å²) in [7, 11) is 3.06. The van der Waals surface area contributed by atoms with Gasteiger partial charge in [0.2, 0.25) is 0 Å². The van der Waals surface area contributed by atoms with Gasteiger partial charge in [-0.15, -0.1) is 12.4 Å². The van der Waals surface area contributed by atoms with Crippen molar-refractivity contribution < 1.29 is 47.1 Å². The van der Waals surface area contributed by atoms with E-state index in [0.717, 1.165) is 9.79 Å². The number of rotatable bonds is 12. The molecular formula is C40H36Cl2N6O8S2. The van der Waals surface area contributed by atoms with Crippen molar-refractivity contribution in [3.63, 3.8) is 0 Å². The molecule has 6 aromatic rings. The first kappa shape index (κ1) is 46.1. The van der Waals surface area contributed by atoms with Gasteiger partial charge >= 0.3 is 0 Å². The summed E-state index contributed by atoms with van der Waals surface area (Å²) in [5, 5.41) is 27.3. The molecule has 6 rings (SSSR count). The molecule has 0 saturated carbocycles. The first-order chi connectivity index (χ1) is 27.0. The van der Waals surface area contributed by atoms with Gasteiger partial charge in [0.25, 0.3) is 23.2 Å². The van der Waals surface area contributed by atoms with Crippen molar-refractivity contribution in [2.75, 3.05) is 30.6 Å². The van der Waals surface area contributed by atoms with Crippen LogP contribution in [0.4, 0.5) is 34.1 Å². The highest BCUT2D eigenvalue weighted by molar-refractivity contribution is 7.99. The Morgan fingerprint density at radius 3 is 1.43 bits per heavy atom. The lowest BCUT2D eigenvalue weighted by atomic mass is 10.1. The highest BCUT2D eigenvalue weighted by atomic mass is 35.5. The van der Waals surface area contributed by atoms with E-state index in [1.807, 2.05) is 18.2 Å². The van der Waals surface area contributed by atoms with Gasteiger partial charge in [0, 0.05) is 49.5 Å². The fourth-order valence-corrected chi connectivity index (χ4v) is 7.17. The monoisotopic (exact) mass is 862 g/mol. The Kier molecular flexibility index (Phi) is 17.4. The molecule has 0 aromatic heterocycles. The van der Waals surface area contributed by atoms with Gasteiger partial charge in [-0.25, -0.2) is 0 Å². The van der Waals surface area contributed by atoms with Crippen molar-refractivity contribution in [3.8, 4) is 11.5 Å². The fourth-order valence-electron chi connectivity index (χ4n) is 5.19. The Labute approximate surface area is 353 Å². The van der Waals surface area contributed by atoms with Crippen LogP contribution in [0.15, 0.2) is 153 Å². The maximum atomic E-state index is 12.9. The first-order valence-electron chi connectivity index (χ1n) is 16.6. The number of ether oxygens (including phenoxy) is 2. The zero-order chi connectivity index (χ0) is 40.2. The number of anilines is 3. The Morgan fingerprint density at radius 2 is 1.00 bits per heavy atom. The Morgan fingerprint density at radius 1 is 0.603 bits per heavy atom. The van der Waals surface area contributed by atoms with E-state index in [2.05, 4.69) is 16.4 Å². The van der Waals surface area contributed by atoms with Crippen LogP contribution >= 0.6 is 35.9 Å². The summed E-state index contributed by atoms with van der Waals surface area (Å²) in [6, 6.07) is 37.1. The number of para-hydroxylation sites is 4. The molecule has 0 aliphatic heterocycles. The molecule has 0 saturated heterocycles. The van der Waals surface area contributed by atoms with Gasteiger partial charge in [0.15, 0.2) is 0 Å². The smallest absolute Gasteiger partial charge is 0.269 e. The molecule has 0 fully saturated rings. The van der Waals surface area contributed by atoms with Crippen molar-refractivity contribution in [2.45, 2.75) is 19.6 Å². The van der Waals surface area contributed by atoms with Crippen LogP contribution in [-0.4, -0.2) is 35.9 Å². The van der Waals surface area contributed by atoms with Crippen molar-refractivity contribution >= 4 is 81.9 Å². The van der Waals surface area contributed by atoms with Crippen molar-refractivity contribution in [2.24, 2.45) is 0 Å². The van der Waals surface area contributed by atoms with Crippen molar-refractivity contribution in [3.05, 3.63) is 165 Å². The van der Waals surface area contributed by atoms with E-state index in [0.29, 0.717) is 55.2 Å². The quantitative estimate of drug-likeness (QED) is 0.0646. The third-order valence-corrected chi connectivity index (χ3v) is 10.0. The molecule has 14 nitrogen and oxygen atoms in total. The summed E-state index contributed by atoms with van der Waals surface area (Å²) in [4.78, 5) is 49.4. The molecule has 18 heteroatoms. The van der Waals surface area contributed by atoms with Crippen LogP contribution < -0.4 is 44.0 Å². The number of benzene rings is 6. The summed E-state index contributed by atoms with van der Waals surface area (Å²) in [6.45, 7) is 0. The lowest BCUT2D eigenvalue weighted by molar-refractivity contribution is -0.385. The van der Waals surface area contributed by atoms with Crippen molar-refractivity contribution in [1.29, 1.82) is 0 Å². The molecule has 0 heterocycles. The van der Waals surface area contributed by atoms with Crippen LogP contribution in [0, 0.1) is 20.2 Å². The molecule has 0 aliphatic rings. The maximum absolute atomic E-state index is 12.9. The molecule has 7 N–H and O–H groups in total. The zero-order valence-corrected chi connectivity index (χ0v) is 34.0. The normalized spacial score (nSPS) is 9.98.